The Labute approximate surface area is 248 Å². The lowest BCUT2D eigenvalue weighted by molar-refractivity contribution is 0.0930. The molecule has 0 unspecified atom stereocenters. The predicted octanol–water partition coefficient (Wildman–Crippen LogP) is 8.78. The third kappa shape index (κ3) is 4.11. The number of hydrogen-bond donors (Lipinski definition) is 0. The number of carbonyl (C=O) groups is 1. The monoisotopic (exact) mass is 591 g/mol. The van der Waals surface area contributed by atoms with Crippen molar-refractivity contribution in [3.63, 3.8) is 0 Å². The van der Waals surface area contributed by atoms with E-state index >= 15 is 4.57 Å². The third-order valence-electron chi connectivity index (χ3n) is 8.03. The summed E-state index contributed by atoms with van der Waals surface area (Å²) >= 11 is 12.5. The fourth-order valence-electron chi connectivity index (χ4n) is 6.29. The van der Waals surface area contributed by atoms with Gasteiger partial charge in [-0.15, -0.1) is 0 Å². The van der Waals surface area contributed by atoms with Crippen molar-refractivity contribution < 1.29 is 9.36 Å². The van der Waals surface area contributed by atoms with E-state index in [0.717, 1.165) is 33.3 Å². The van der Waals surface area contributed by atoms with Crippen LogP contribution in [0, 0.1) is 0 Å². The predicted molar refractivity (Wildman–Crippen MR) is 170 cm³/mol. The molecule has 1 aromatic heterocycles. The van der Waals surface area contributed by atoms with Gasteiger partial charge in [-0.2, -0.15) is 0 Å². The van der Waals surface area contributed by atoms with Crippen molar-refractivity contribution in [3.8, 4) is 11.1 Å². The van der Waals surface area contributed by atoms with Crippen molar-refractivity contribution in [2.45, 2.75) is 11.6 Å². The fraction of sp³-hybridized carbons (Fsp3) is 0.0571. The summed E-state index contributed by atoms with van der Waals surface area (Å²) in [5.74, 6) is -0.649. The first-order valence-corrected chi connectivity index (χ1v) is 15.9. The lowest BCUT2D eigenvalue weighted by Crippen LogP contribution is -2.34. The number of hydrogen-bond acceptors (Lipinski definition) is 2. The Hall–Kier alpha value is -3.88. The molecule has 5 aromatic carbocycles. The highest BCUT2D eigenvalue weighted by molar-refractivity contribution is 7.80. The molecular formula is C35H24Cl2NO2P. The van der Waals surface area contributed by atoms with Gasteiger partial charge in [-0.3, -0.25) is 9.36 Å². The number of carbonyl (C=O) groups excluding carboxylic acids is 1. The number of para-hydroxylation sites is 1. The second-order valence-corrected chi connectivity index (χ2v) is 14.0. The standard InChI is InChI=1S/C35H24Cl2NO2P/c36-25-15-19-27(20-16-25)41(40,28-21-17-26(37)18-22-28)34-32(24-11-5-2-6-12-24)33-31(23-9-3-1-4-10-23)29-13-7-8-14-30(29)38(33)35(34)39/h1-22,32,34H/t32-,34+/m0/s1. The van der Waals surface area contributed by atoms with Crippen LogP contribution in [0.2, 0.25) is 10.0 Å². The molecule has 0 amide bonds. The third-order valence-corrected chi connectivity index (χ3v) is 12.0. The zero-order valence-corrected chi connectivity index (χ0v) is 24.2. The molecule has 1 aliphatic heterocycles. The van der Waals surface area contributed by atoms with Gasteiger partial charge in [-0.05, 0) is 65.7 Å². The average Bonchev–Trinajstić information content (AvgIpc) is 3.51. The van der Waals surface area contributed by atoms with Crippen LogP contribution < -0.4 is 10.6 Å². The molecule has 41 heavy (non-hydrogen) atoms. The first kappa shape index (κ1) is 26.0. The van der Waals surface area contributed by atoms with Gasteiger partial charge in [0.25, 0.3) is 0 Å². The van der Waals surface area contributed by atoms with E-state index in [4.69, 9.17) is 23.2 Å². The molecule has 0 saturated heterocycles. The zero-order chi connectivity index (χ0) is 28.1. The molecule has 0 saturated carbocycles. The van der Waals surface area contributed by atoms with Gasteiger partial charge in [0.05, 0.1) is 5.52 Å². The number of halogens is 2. The van der Waals surface area contributed by atoms with Gasteiger partial charge in [-0.25, -0.2) is 0 Å². The summed E-state index contributed by atoms with van der Waals surface area (Å²) in [6.07, 6.45) is 0. The highest BCUT2D eigenvalue weighted by Crippen LogP contribution is 2.60. The fourth-order valence-corrected chi connectivity index (χ4v) is 9.82. The summed E-state index contributed by atoms with van der Waals surface area (Å²) in [7, 11) is -3.62. The number of nitrogens with zero attached hydrogens (tertiary/aromatic N) is 1. The maximum atomic E-state index is 15.9. The lowest BCUT2D eigenvalue weighted by atomic mass is 9.89. The molecule has 6 heteroatoms. The van der Waals surface area contributed by atoms with Crippen LogP contribution in [0.5, 0.6) is 0 Å². The SMILES string of the molecule is O=C1[C@H](P(=O)(c2ccc(Cl)cc2)c2ccc(Cl)cc2)[C@@H](c2ccccc2)c2c(-c3ccccc3)c3ccccc3n21. The van der Waals surface area contributed by atoms with E-state index < -0.39 is 18.7 Å². The Morgan fingerprint density at radius 1 is 0.610 bits per heavy atom. The van der Waals surface area contributed by atoms with Gasteiger partial charge >= 0.3 is 0 Å². The number of benzene rings is 5. The molecule has 2 atom stereocenters. The van der Waals surface area contributed by atoms with Crippen molar-refractivity contribution in [1.29, 1.82) is 0 Å². The molecule has 0 radical (unpaired) electrons. The van der Waals surface area contributed by atoms with Crippen LogP contribution in [0.4, 0.5) is 0 Å². The van der Waals surface area contributed by atoms with Crippen LogP contribution >= 0.6 is 30.3 Å². The summed E-state index contributed by atoms with van der Waals surface area (Å²) < 4.78 is 17.7. The number of fused-ring (bicyclic) bond motifs is 3. The molecule has 6 aromatic rings. The highest BCUT2D eigenvalue weighted by Gasteiger charge is 2.54. The minimum Gasteiger partial charge on any atom is -0.313 e. The maximum Gasteiger partial charge on any atom is 0.243 e. The molecule has 3 nitrogen and oxygen atoms in total. The Morgan fingerprint density at radius 2 is 1.12 bits per heavy atom. The van der Waals surface area contributed by atoms with Crippen molar-refractivity contribution in [3.05, 3.63) is 155 Å². The molecular weight excluding hydrogens is 568 g/mol. The van der Waals surface area contributed by atoms with E-state index in [2.05, 4.69) is 18.2 Å². The van der Waals surface area contributed by atoms with Gasteiger partial charge in [0.15, 0.2) is 7.14 Å². The molecule has 0 bridgehead atoms. The summed E-state index contributed by atoms with van der Waals surface area (Å²) in [6.45, 7) is 0. The molecule has 2 heterocycles. The van der Waals surface area contributed by atoms with Crippen LogP contribution in [0.15, 0.2) is 133 Å². The Bertz CT molecular complexity index is 1900. The molecule has 0 aliphatic carbocycles. The topological polar surface area (TPSA) is 39.1 Å². The van der Waals surface area contributed by atoms with Crippen LogP contribution in [-0.2, 0) is 4.57 Å². The Balaban J connectivity index is 1.58. The van der Waals surface area contributed by atoms with E-state index in [0.29, 0.717) is 20.7 Å². The van der Waals surface area contributed by atoms with E-state index in [1.54, 1.807) is 48.5 Å². The minimum absolute atomic E-state index is 0.180. The maximum absolute atomic E-state index is 15.9. The minimum atomic E-state index is -3.62. The highest BCUT2D eigenvalue weighted by atomic mass is 35.5. The molecule has 7 rings (SSSR count). The van der Waals surface area contributed by atoms with Crippen LogP contribution in [0.1, 0.15) is 22.0 Å². The summed E-state index contributed by atoms with van der Waals surface area (Å²) in [4.78, 5) is 14.9. The molecule has 0 fully saturated rings. The Morgan fingerprint density at radius 3 is 1.71 bits per heavy atom. The van der Waals surface area contributed by atoms with Gasteiger partial charge in [0.1, 0.15) is 5.66 Å². The van der Waals surface area contributed by atoms with Gasteiger partial charge < -0.3 is 4.57 Å². The normalized spacial score (nSPS) is 16.7. The zero-order valence-electron chi connectivity index (χ0n) is 21.8. The second-order valence-electron chi connectivity index (χ2n) is 10.3. The smallest absolute Gasteiger partial charge is 0.243 e. The van der Waals surface area contributed by atoms with Crippen LogP contribution in [0.25, 0.3) is 22.0 Å². The largest absolute Gasteiger partial charge is 0.313 e. The van der Waals surface area contributed by atoms with Crippen LogP contribution in [0.3, 0.4) is 0 Å². The van der Waals surface area contributed by atoms with Crippen LogP contribution in [-0.4, -0.2) is 16.1 Å². The summed E-state index contributed by atoms with van der Waals surface area (Å²) in [5.41, 5.74) is 3.74. The van der Waals surface area contributed by atoms with Gasteiger partial charge in [-0.1, -0.05) is 102 Å². The first-order chi connectivity index (χ1) is 20.0. The number of aromatic nitrogens is 1. The molecule has 0 N–H and O–H groups in total. The molecule has 200 valence electrons. The average molecular weight is 592 g/mol. The van der Waals surface area contributed by atoms with Crippen molar-refractivity contribution in [2.24, 2.45) is 0 Å². The van der Waals surface area contributed by atoms with Crippen molar-refractivity contribution >= 4 is 57.8 Å². The van der Waals surface area contributed by atoms with Crippen molar-refractivity contribution in [2.75, 3.05) is 0 Å². The second kappa shape index (κ2) is 10.2. The number of rotatable bonds is 5. The summed E-state index contributed by atoms with van der Waals surface area (Å²) in [5, 5.41) is 3.24. The van der Waals surface area contributed by atoms with E-state index in [1.807, 2.05) is 71.3 Å². The Kier molecular flexibility index (Phi) is 6.47. The lowest BCUT2D eigenvalue weighted by Gasteiger charge is -2.29. The van der Waals surface area contributed by atoms with Gasteiger partial charge in [0.2, 0.25) is 5.91 Å². The first-order valence-electron chi connectivity index (χ1n) is 13.4. The van der Waals surface area contributed by atoms with E-state index in [9.17, 15) is 4.79 Å². The molecule has 1 aliphatic rings. The van der Waals surface area contributed by atoms with E-state index in [1.165, 1.54) is 0 Å². The summed E-state index contributed by atoms with van der Waals surface area (Å²) in [6, 6.07) is 42.2. The van der Waals surface area contributed by atoms with Gasteiger partial charge in [0, 0.05) is 43.2 Å². The molecule has 0 spiro atoms. The van der Waals surface area contributed by atoms with Crippen molar-refractivity contribution in [1.82, 2.24) is 4.57 Å². The quantitative estimate of drug-likeness (QED) is 0.188. The van der Waals surface area contributed by atoms with E-state index in [-0.39, 0.29) is 5.91 Å².